The summed E-state index contributed by atoms with van der Waals surface area (Å²) >= 11 is 7.35. The van der Waals surface area contributed by atoms with Gasteiger partial charge in [0.2, 0.25) is 11.7 Å². The number of rotatable bonds is 4. The van der Waals surface area contributed by atoms with Crippen molar-refractivity contribution in [1.82, 2.24) is 15.0 Å². The van der Waals surface area contributed by atoms with Crippen molar-refractivity contribution in [2.45, 2.75) is 6.54 Å². The Bertz CT molecular complexity index is 768. The van der Waals surface area contributed by atoms with E-state index in [9.17, 15) is 4.79 Å². The van der Waals surface area contributed by atoms with E-state index in [2.05, 4.69) is 10.1 Å². The minimum atomic E-state index is -0.132. The third kappa shape index (κ3) is 3.18. The molecule has 0 aliphatic rings. The number of carbonyl (C=O) groups excluding carboxylic acids is 1. The van der Waals surface area contributed by atoms with Crippen LogP contribution >= 0.6 is 22.9 Å². The molecule has 0 spiro atoms. The van der Waals surface area contributed by atoms with Crippen molar-refractivity contribution in [3.05, 3.63) is 58.3 Å². The van der Waals surface area contributed by atoms with Crippen LogP contribution in [0, 0.1) is 0 Å². The molecule has 0 bridgehead atoms. The molecular weight excluding hydrogens is 322 g/mol. The van der Waals surface area contributed by atoms with Crippen LogP contribution < -0.4 is 0 Å². The van der Waals surface area contributed by atoms with Gasteiger partial charge in [-0.15, -0.1) is 11.3 Å². The van der Waals surface area contributed by atoms with Gasteiger partial charge >= 0.3 is 0 Å². The van der Waals surface area contributed by atoms with Crippen LogP contribution in [0.15, 0.2) is 46.3 Å². The lowest BCUT2D eigenvalue weighted by Crippen LogP contribution is -2.26. The van der Waals surface area contributed by atoms with Crippen molar-refractivity contribution in [2.24, 2.45) is 0 Å². The second-order valence-electron chi connectivity index (χ2n) is 4.66. The summed E-state index contributed by atoms with van der Waals surface area (Å²) in [5, 5.41) is 6.46. The fourth-order valence-electron chi connectivity index (χ4n) is 1.91. The van der Waals surface area contributed by atoms with E-state index >= 15 is 0 Å². The van der Waals surface area contributed by atoms with Gasteiger partial charge in [0.15, 0.2) is 0 Å². The predicted molar refractivity (Wildman–Crippen MR) is 84.9 cm³/mol. The van der Waals surface area contributed by atoms with Gasteiger partial charge in [0.1, 0.15) is 0 Å². The van der Waals surface area contributed by atoms with E-state index in [1.807, 2.05) is 17.5 Å². The summed E-state index contributed by atoms with van der Waals surface area (Å²) in [5.41, 5.74) is 0.560. The van der Waals surface area contributed by atoms with Gasteiger partial charge in [-0.25, -0.2) is 0 Å². The number of carbonyl (C=O) groups is 1. The molecule has 0 aliphatic carbocycles. The number of halogens is 1. The summed E-state index contributed by atoms with van der Waals surface area (Å²) in [6.45, 7) is 0.250. The van der Waals surface area contributed by atoms with Crippen molar-refractivity contribution in [3.8, 4) is 10.7 Å². The Balaban J connectivity index is 1.70. The molecule has 112 valence electrons. The van der Waals surface area contributed by atoms with Gasteiger partial charge in [-0.1, -0.05) is 22.8 Å². The van der Waals surface area contributed by atoms with Crippen molar-refractivity contribution < 1.29 is 9.32 Å². The molecule has 7 heteroatoms. The van der Waals surface area contributed by atoms with E-state index in [0.717, 1.165) is 4.88 Å². The second-order valence-corrected chi connectivity index (χ2v) is 6.04. The Morgan fingerprint density at radius 2 is 2.09 bits per heavy atom. The highest BCUT2D eigenvalue weighted by molar-refractivity contribution is 7.13. The highest BCUT2D eigenvalue weighted by atomic mass is 35.5. The molecule has 2 aromatic heterocycles. The first-order valence-electron chi connectivity index (χ1n) is 6.51. The Hall–Kier alpha value is -2.18. The standard InChI is InChI=1S/C15H12ClN3O2S/c1-19(15(20)10-4-6-11(16)7-5-10)9-13-17-14(18-21-13)12-3-2-8-22-12/h2-8H,9H2,1H3. The van der Waals surface area contributed by atoms with E-state index in [4.69, 9.17) is 16.1 Å². The average Bonchev–Trinajstić information content (AvgIpc) is 3.18. The van der Waals surface area contributed by atoms with Crippen LogP contribution in [0.4, 0.5) is 0 Å². The fraction of sp³-hybridized carbons (Fsp3) is 0.133. The fourth-order valence-corrected chi connectivity index (χ4v) is 2.69. The van der Waals surface area contributed by atoms with Gasteiger partial charge < -0.3 is 9.42 Å². The van der Waals surface area contributed by atoms with Crippen molar-refractivity contribution in [2.75, 3.05) is 7.05 Å². The minimum absolute atomic E-state index is 0.132. The van der Waals surface area contributed by atoms with Gasteiger partial charge in [0, 0.05) is 17.6 Å². The topological polar surface area (TPSA) is 59.2 Å². The maximum absolute atomic E-state index is 12.3. The predicted octanol–water partition coefficient (Wildman–Crippen LogP) is 3.72. The minimum Gasteiger partial charge on any atom is -0.337 e. The summed E-state index contributed by atoms with van der Waals surface area (Å²) in [6, 6.07) is 10.6. The molecule has 3 aromatic rings. The number of nitrogens with zero attached hydrogens (tertiary/aromatic N) is 3. The van der Waals surface area contributed by atoms with E-state index in [-0.39, 0.29) is 12.5 Å². The summed E-state index contributed by atoms with van der Waals surface area (Å²) in [4.78, 5) is 19.0. The van der Waals surface area contributed by atoms with Crippen LogP contribution in [0.5, 0.6) is 0 Å². The zero-order valence-corrected chi connectivity index (χ0v) is 13.3. The quantitative estimate of drug-likeness (QED) is 0.730. The molecule has 22 heavy (non-hydrogen) atoms. The largest absolute Gasteiger partial charge is 0.337 e. The lowest BCUT2D eigenvalue weighted by atomic mass is 10.2. The second kappa shape index (κ2) is 6.29. The molecule has 0 saturated heterocycles. The first-order valence-corrected chi connectivity index (χ1v) is 7.77. The Morgan fingerprint density at radius 3 is 2.77 bits per heavy atom. The molecule has 0 unspecified atom stereocenters. The zero-order valence-electron chi connectivity index (χ0n) is 11.7. The molecule has 3 rings (SSSR count). The molecule has 0 aliphatic heterocycles. The molecular formula is C15H12ClN3O2S. The van der Waals surface area contributed by atoms with Gasteiger partial charge in [0.05, 0.1) is 11.4 Å². The van der Waals surface area contributed by atoms with Crippen LogP contribution in [0.25, 0.3) is 10.7 Å². The molecule has 1 aromatic carbocycles. The van der Waals surface area contributed by atoms with E-state index in [1.54, 1.807) is 31.3 Å². The third-order valence-electron chi connectivity index (χ3n) is 3.02. The number of hydrogen-bond donors (Lipinski definition) is 0. The summed E-state index contributed by atoms with van der Waals surface area (Å²) in [5.74, 6) is 0.804. The lowest BCUT2D eigenvalue weighted by molar-refractivity contribution is 0.0769. The monoisotopic (exact) mass is 333 g/mol. The normalized spacial score (nSPS) is 10.6. The van der Waals surface area contributed by atoms with Crippen LogP contribution in [0.3, 0.4) is 0 Å². The van der Waals surface area contributed by atoms with Gasteiger partial charge in [-0.3, -0.25) is 4.79 Å². The third-order valence-corrected chi connectivity index (χ3v) is 4.14. The maximum Gasteiger partial charge on any atom is 0.254 e. The maximum atomic E-state index is 12.3. The molecule has 0 radical (unpaired) electrons. The first-order chi connectivity index (χ1) is 10.6. The van der Waals surface area contributed by atoms with E-state index in [0.29, 0.717) is 22.3 Å². The number of hydrogen-bond acceptors (Lipinski definition) is 5. The number of amides is 1. The van der Waals surface area contributed by atoms with Gasteiger partial charge in [-0.2, -0.15) is 4.98 Å². The van der Waals surface area contributed by atoms with Gasteiger partial charge in [-0.05, 0) is 35.7 Å². The van der Waals surface area contributed by atoms with E-state index < -0.39 is 0 Å². The van der Waals surface area contributed by atoms with Crippen molar-refractivity contribution in [1.29, 1.82) is 0 Å². The van der Waals surface area contributed by atoms with Crippen LogP contribution in [-0.2, 0) is 6.54 Å². The molecule has 1 amide bonds. The molecule has 5 nitrogen and oxygen atoms in total. The molecule has 0 N–H and O–H groups in total. The highest BCUT2D eigenvalue weighted by Crippen LogP contribution is 2.21. The summed E-state index contributed by atoms with van der Waals surface area (Å²) in [7, 11) is 1.69. The Kier molecular flexibility index (Phi) is 4.22. The van der Waals surface area contributed by atoms with Crippen LogP contribution in [0.2, 0.25) is 5.02 Å². The van der Waals surface area contributed by atoms with E-state index in [1.165, 1.54) is 16.2 Å². The highest BCUT2D eigenvalue weighted by Gasteiger charge is 2.16. The zero-order chi connectivity index (χ0) is 15.5. The summed E-state index contributed by atoms with van der Waals surface area (Å²) < 4.78 is 5.19. The number of thiophene rings is 1. The molecule has 0 atom stereocenters. The van der Waals surface area contributed by atoms with Crippen molar-refractivity contribution in [3.63, 3.8) is 0 Å². The molecule has 0 saturated carbocycles. The first kappa shape index (κ1) is 14.7. The Morgan fingerprint density at radius 1 is 1.32 bits per heavy atom. The SMILES string of the molecule is CN(Cc1nc(-c2cccs2)no1)C(=O)c1ccc(Cl)cc1. The molecule has 2 heterocycles. The van der Waals surface area contributed by atoms with Crippen LogP contribution in [-0.4, -0.2) is 28.0 Å². The van der Waals surface area contributed by atoms with Crippen LogP contribution in [0.1, 0.15) is 16.2 Å². The smallest absolute Gasteiger partial charge is 0.254 e. The number of benzene rings is 1. The molecule has 0 fully saturated rings. The lowest BCUT2D eigenvalue weighted by Gasteiger charge is -2.14. The summed E-state index contributed by atoms with van der Waals surface area (Å²) in [6.07, 6.45) is 0. The van der Waals surface area contributed by atoms with Gasteiger partial charge in [0.25, 0.3) is 5.91 Å². The average molecular weight is 334 g/mol. The number of aromatic nitrogens is 2. The van der Waals surface area contributed by atoms with Crippen molar-refractivity contribution >= 4 is 28.8 Å². The Labute approximate surface area is 136 Å².